The molecule has 1 aliphatic rings. The van der Waals surface area contributed by atoms with E-state index in [0.29, 0.717) is 52.2 Å². The molecule has 0 bridgehead atoms. The molecule has 2 aromatic heterocycles. The maximum Gasteiger partial charge on any atom is 0.417 e. The first-order valence-electron chi connectivity index (χ1n) is 11.5. The average Bonchev–Trinajstić information content (AvgIpc) is 3.21. The second-order valence-corrected chi connectivity index (χ2v) is 8.34. The minimum Gasteiger partial charge on any atom is -0.497 e. The van der Waals surface area contributed by atoms with E-state index in [1.54, 1.807) is 43.5 Å². The van der Waals surface area contributed by atoms with Crippen molar-refractivity contribution in [3.05, 3.63) is 72.3 Å². The van der Waals surface area contributed by atoms with E-state index in [9.17, 15) is 22.8 Å². The topological polar surface area (TPSA) is 97.8 Å². The van der Waals surface area contributed by atoms with Crippen LogP contribution >= 0.6 is 0 Å². The summed E-state index contributed by atoms with van der Waals surface area (Å²) >= 11 is 0. The van der Waals surface area contributed by atoms with E-state index < -0.39 is 30.2 Å². The van der Waals surface area contributed by atoms with Crippen molar-refractivity contribution in [1.82, 2.24) is 15.0 Å². The Kier molecular flexibility index (Phi) is 6.31. The first kappa shape index (κ1) is 24.9. The van der Waals surface area contributed by atoms with Crippen molar-refractivity contribution in [3.8, 4) is 17.4 Å². The fourth-order valence-electron chi connectivity index (χ4n) is 4.13. The number of nitrogens with zero attached hydrogens (tertiary/aromatic N) is 5. The summed E-state index contributed by atoms with van der Waals surface area (Å²) in [6.07, 6.45) is -1.05. The molecule has 0 unspecified atom stereocenters. The molecule has 0 aliphatic carbocycles. The molecule has 0 N–H and O–H groups in total. The van der Waals surface area contributed by atoms with E-state index in [4.69, 9.17) is 9.47 Å². The number of pyridine rings is 1. The molecule has 0 atom stereocenters. The van der Waals surface area contributed by atoms with Gasteiger partial charge in [0.2, 0.25) is 5.88 Å². The number of urea groups is 1. The van der Waals surface area contributed by atoms with Gasteiger partial charge >= 0.3 is 12.2 Å². The third-order valence-electron chi connectivity index (χ3n) is 6.02. The van der Waals surface area contributed by atoms with Gasteiger partial charge in [-0.3, -0.25) is 14.7 Å². The van der Waals surface area contributed by atoms with Crippen LogP contribution in [0.5, 0.6) is 17.4 Å². The number of ether oxygens (including phenoxy) is 2. The van der Waals surface area contributed by atoms with Gasteiger partial charge in [-0.05, 0) is 48.4 Å². The number of aromatic nitrogens is 3. The predicted octanol–water partition coefficient (Wildman–Crippen LogP) is 5.38. The van der Waals surface area contributed by atoms with Crippen LogP contribution in [0.1, 0.15) is 18.1 Å². The van der Waals surface area contributed by atoms with Gasteiger partial charge in [0.15, 0.2) is 0 Å². The third-order valence-corrected chi connectivity index (χ3v) is 6.02. The highest BCUT2D eigenvalue weighted by Crippen LogP contribution is 2.36. The van der Waals surface area contributed by atoms with Gasteiger partial charge in [0.25, 0.3) is 5.91 Å². The van der Waals surface area contributed by atoms with Gasteiger partial charge in [0.05, 0.1) is 41.1 Å². The largest absolute Gasteiger partial charge is 0.497 e. The quantitative estimate of drug-likeness (QED) is 0.313. The number of fused-ring (bicyclic) bond motifs is 1. The smallest absolute Gasteiger partial charge is 0.417 e. The molecule has 5 rings (SSSR count). The molecule has 1 fully saturated rings. The Balaban J connectivity index is 1.43. The van der Waals surface area contributed by atoms with Gasteiger partial charge in [0.1, 0.15) is 24.4 Å². The highest BCUT2D eigenvalue weighted by atomic mass is 19.4. The highest BCUT2D eigenvalue weighted by molar-refractivity contribution is 6.27. The van der Waals surface area contributed by atoms with E-state index in [1.165, 1.54) is 6.33 Å². The van der Waals surface area contributed by atoms with Crippen LogP contribution in [-0.2, 0) is 17.4 Å². The van der Waals surface area contributed by atoms with Crippen molar-refractivity contribution in [2.75, 3.05) is 23.5 Å². The molecule has 2 aromatic carbocycles. The molecule has 9 nitrogen and oxygen atoms in total. The number of alkyl halides is 3. The second-order valence-electron chi connectivity index (χ2n) is 8.34. The van der Waals surface area contributed by atoms with Crippen molar-refractivity contribution in [2.24, 2.45) is 0 Å². The lowest BCUT2D eigenvalue weighted by Crippen LogP contribution is -2.33. The summed E-state index contributed by atoms with van der Waals surface area (Å²) in [5, 5.41) is 0.658. The molecule has 1 aliphatic heterocycles. The van der Waals surface area contributed by atoms with Gasteiger partial charge < -0.3 is 9.47 Å². The lowest BCUT2D eigenvalue weighted by Gasteiger charge is -2.20. The van der Waals surface area contributed by atoms with E-state index in [-0.39, 0.29) is 5.69 Å². The zero-order valence-electron chi connectivity index (χ0n) is 20.2. The number of aryl methyl sites for hydroxylation is 1. The number of methoxy groups -OCH3 is 1. The van der Waals surface area contributed by atoms with Crippen LogP contribution in [0.15, 0.2) is 61.2 Å². The summed E-state index contributed by atoms with van der Waals surface area (Å²) in [4.78, 5) is 40.0. The molecule has 12 heteroatoms. The summed E-state index contributed by atoms with van der Waals surface area (Å²) in [5.74, 6) is 0.782. The number of benzene rings is 2. The molecule has 3 amide bonds. The number of rotatable bonds is 6. The van der Waals surface area contributed by atoms with Crippen molar-refractivity contribution >= 4 is 34.2 Å². The molecular formula is C26H20F3N5O4. The van der Waals surface area contributed by atoms with E-state index in [1.807, 2.05) is 6.92 Å². The Labute approximate surface area is 214 Å². The molecule has 38 heavy (non-hydrogen) atoms. The lowest BCUT2D eigenvalue weighted by molar-refractivity contribution is -0.137. The minimum absolute atomic E-state index is 0.119. The zero-order valence-corrected chi connectivity index (χ0v) is 20.2. The van der Waals surface area contributed by atoms with Crippen molar-refractivity contribution in [2.45, 2.75) is 19.5 Å². The number of carbonyl (C=O) groups excluding carboxylic acids is 2. The Hall–Kier alpha value is -4.74. The van der Waals surface area contributed by atoms with Gasteiger partial charge in [-0.2, -0.15) is 13.2 Å². The van der Waals surface area contributed by atoms with Crippen LogP contribution < -0.4 is 19.3 Å². The molecule has 4 aromatic rings. The standard InChI is InChI=1S/C26H20F3N5O4/c1-3-15-8-19(38-24-20-6-4-18(37-2)10-21(20)31-14-32-24)5-7-22(15)34-23(35)13-33(25(34)36)17-9-16(11-30-12-17)26(27,28)29/h4-12,14H,3,13H2,1-2H3. The number of hydrogen-bond donors (Lipinski definition) is 0. The van der Waals surface area contributed by atoms with Crippen LogP contribution in [0.3, 0.4) is 0 Å². The number of imide groups is 1. The van der Waals surface area contributed by atoms with Crippen LogP contribution in [0.25, 0.3) is 10.9 Å². The van der Waals surface area contributed by atoms with Crippen LogP contribution in [-0.4, -0.2) is 40.5 Å². The maximum atomic E-state index is 13.2. The number of amides is 3. The van der Waals surface area contributed by atoms with Gasteiger partial charge in [-0.1, -0.05) is 6.92 Å². The van der Waals surface area contributed by atoms with Gasteiger partial charge in [-0.15, -0.1) is 0 Å². The Morgan fingerprint density at radius 3 is 2.53 bits per heavy atom. The normalized spacial score (nSPS) is 13.9. The highest BCUT2D eigenvalue weighted by Gasteiger charge is 2.40. The fourth-order valence-corrected chi connectivity index (χ4v) is 4.13. The Morgan fingerprint density at radius 2 is 1.79 bits per heavy atom. The summed E-state index contributed by atoms with van der Waals surface area (Å²) in [6.45, 7) is 1.42. The Bertz CT molecular complexity index is 1560. The van der Waals surface area contributed by atoms with E-state index >= 15 is 0 Å². The molecule has 1 saturated heterocycles. The molecule has 0 spiro atoms. The molecular weight excluding hydrogens is 503 g/mol. The van der Waals surface area contributed by atoms with E-state index in [2.05, 4.69) is 15.0 Å². The third kappa shape index (κ3) is 4.56. The minimum atomic E-state index is -4.64. The molecule has 0 radical (unpaired) electrons. The number of carbonyl (C=O) groups is 2. The van der Waals surface area contributed by atoms with Gasteiger partial charge in [-0.25, -0.2) is 19.7 Å². The van der Waals surface area contributed by atoms with Crippen LogP contribution in [0.4, 0.5) is 29.3 Å². The molecule has 3 heterocycles. The van der Waals surface area contributed by atoms with Crippen molar-refractivity contribution in [1.29, 1.82) is 0 Å². The number of halogens is 3. The summed E-state index contributed by atoms with van der Waals surface area (Å²) in [5.41, 5.74) is 0.424. The summed E-state index contributed by atoms with van der Waals surface area (Å²) < 4.78 is 50.6. The van der Waals surface area contributed by atoms with Crippen molar-refractivity contribution in [3.63, 3.8) is 0 Å². The molecule has 0 saturated carbocycles. The number of hydrogen-bond acceptors (Lipinski definition) is 7. The maximum absolute atomic E-state index is 13.2. The monoisotopic (exact) mass is 523 g/mol. The molecule has 194 valence electrons. The summed E-state index contributed by atoms with van der Waals surface area (Å²) in [6, 6.07) is 10.1. The van der Waals surface area contributed by atoms with E-state index in [0.717, 1.165) is 22.1 Å². The predicted molar refractivity (Wildman–Crippen MR) is 131 cm³/mol. The number of anilines is 2. The first-order valence-corrected chi connectivity index (χ1v) is 11.5. The van der Waals surface area contributed by atoms with Gasteiger partial charge in [0, 0.05) is 12.3 Å². The average molecular weight is 523 g/mol. The summed E-state index contributed by atoms with van der Waals surface area (Å²) in [7, 11) is 1.55. The van der Waals surface area contributed by atoms with Crippen LogP contribution in [0, 0.1) is 0 Å². The second kappa shape index (κ2) is 9.61. The van der Waals surface area contributed by atoms with Crippen LogP contribution in [0.2, 0.25) is 0 Å². The van der Waals surface area contributed by atoms with Crippen molar-refractivity contribution < 1.29 is 32.2 Å². The lowest BCUT2D eigenvalue weighted by atomic mass is 10.1. The fraction of sp³-hybridized carbons (Fsp3) is 0.192. The Morgan fingerprint density at radius 1 is 1.00 bits per heavy atom. The SMILES string of the molecule is CCc1cc(Oc2ncnc3cc(OC)ccc23)ccc1N1C(=O)CN(c2cncc(C(F)(F)F)c2)C1=O. The zero-order chi connectivity index (χ0) is 27.0. The first-order chi connectivity index (χ1) is 18.2.